The minimum atomic E-state index is -0.298. The van der Waals surface area contributed by atoms with Crippen molar-refractivity contribution in [2.75, 3.05) is 33.9 Å². The smallest absolute Gasteiger partial charge is 0.318 e. The van der Waals surface area contributed by atoms with Gasteiger partial charge in [0, 0.05) is 26.1 Å². The Morgan fingerprint density at radius 1 is 1.25 bits per heavy atom. The zero-order chi connectivity index (χ0) is 23.1. The van der Waals surface area contributed by atoms with E-state index in [0.29, 0.717) is 19.6 Å². The first-order valence-electron chi connectivity index (χ1n) is 10.5. The van der Waals surface area contributed by atoms with Gasteiger partial charge in [0.25, 0.3) is 5.91 Å². The highest BCUT2D eigenvalue weighted by Crippen LogP contribution is 2.34. The molecule has 0 saturated carbocycles. The van der Waals surface area contributed by atoms with E-state index in [9.17, 15) is 9.59 Å². The molecule has 3 amide bonds. The summed E-state index contributed by atoms with van der Waals surface area (Å²) in [6.45, 7) is 4.32. The second-order valence-corrected chi connectivity index (χ2v) is 8.72. The largest absolute Gasteiger partial charge is 0.497 e. The van der Waals surface area contributed by atoms with Crippen LogP contribution in [0, 0.1) is 0 Å². The number of ether oxygens (including phenoxy) is 2. The van der Waals surface area contributed by atoms with E-state index >= 15 is 0 Å². The molecular formula is C23H30N4O4S. The molecule has 1 N–H and O–H groups in total. The molecule has 9 heteroatoms. The van der Waals surface area contributed by atoms with Crippen LogP contribution >= 0.6 is 11.3 Å². The van der Waals surface area contributed by atoms with Gasteiger partial charge in [-0.15, -0.1) is 11.3 Å². The molecule has 1 aliphatic rings. The van der Waals surface area contributed by atoms with Crippen LogP contribution < -0.4 is 10.1 Å². The van der Waals surface area contributed by atoms with Crippen LogP contribution in [0.25, 0.3) is 0 Å². The van der Waals surface area contributed by atoms with E-state index in [4.69, 9.17) is 9.47 Å². The molecule has 1 aliphatic heterocycles. The van der Waals surface area contributed by atoms with Crippen LogP contribution in [0.5, 0.6) is 5.75 Å². The Morgan fingerprint density at radius 2 is 2.00 bits per heavy atom. The first-order valence-corrected chi connectivity index (χ1v) is 11.4. The van der Waals surface area contributed by atoms with Crippen molar-refractivity contribution in [1.82, 2.24) is 15.2 Å². The van der Waals surface area contributed by atoms with Crippen LogP contribution in [-0.2, 0) is 9.53 Å². The van der Waals surface area contributed by atoms with E-state index in [-0.39, 0.29) is 30.6 Å². The zero-order valence-electron chi connectivity index (χ0n) is 18.9. The number of amides is 3. The molecular weight excluding hydrogens is 428 g/mol. The average Bonchev–Trinajstić information content (AvgIpc) is 3.46. The van der Waals surface area contributed by atoms with Gasteiger partial charge in [-0.25, -0.2) is 9.80 Å². The third kappa shape index (κ3) is 5.86. The number of rotatable bonds is 9. The van der Waals surface area contributed by atoms with E-state index in [1.165, 1.54) is 9.91 Å². The van der Waals surface area contributed by atoms with Crippen molar-refractivity contribution in [1.29, 1.82) is 0 Å². The number of hydrogen-bond donors (Lipinski definition) is 1. The molecule has 1 aromatic carbocycles. The van der Waals surface area contributed by atoms with Gasteiger partial charge in [-0.05, 0) is 43.0 Å². The number of carbonyl (C=O) groups excluding carboxylic acids is 2. The maximum absolute atomic E-state index is 13.4. The summed E-state index contributed by atoms with van der Waals surface area (Å²) in [7, 11) is 3.19. The summed E-state index contributed by atoms with van der Waals surface area (Å²) >= 11 is 1.59. The molecule has 8 nitrogen and oxygen atoms in total. The molecule has 2 aromatic rings. The molecule has 1 atom stereocenters. The van der Waals surface area contributed by atoms with E-state index in [1.807, 2.05) is 55.6 Å². The topological polar surface area (TPSA) is 83.5 Å². The number of hydrazone groups is 1. The van der Waals surface area contributed by atoms with Crippen LogP contribution in [0.4, 0.5) is 4.79 Å². The summed E-state index contributed by atoms with van der Waals surface area (Å²) in [5.41, 5.74) is 1.83. The predicted molar refractivity (Wildman–Crippen MR) is 125 cm³/mol. The second kappa shape index (κ2) is 11.1. The Kier molecular flexibility index (Phi) is 8.24. The Labute approximate surface area is 192 Å². The Bertz CT molecular complexity index is 928. The molecule has 0 unspecified atom stereocenters. The molecule has 172 valence electrons. The van der Waals surface area contributed by atoms with Crippen LogP contribution in [0.15, 0.2) is 46.9 Å². The fraction of sp³-hybridized carbons (Fsp3) is 0.435. The van der Waals surface area contributed by atoms with Gasteiger partial charge < -0.3 is 19.7 Å². The molecule has 0 aliphatic carbocycles. The lowest BCUT2D eigenvalue weighted by atomic mass is 10.0. The third-order valence-corrected chi connectivity index (χ3v) is 5.98. The summed E-state index contributed by atoms with van der Waals surface area (Å²) in [6.07, 6.45) is 0.606. The highest BCUT2D eigenvalue weighted by atomic mass is 32.1. The van der Waals surface area contributed by atoms with Crippen LogP contribution in [0.1, 0.15) is 36.8 Å². The van der Waals surface area contributed by atoms with Crippen LogP contribution in [0.3, 0.4) is 0 Å². The number of carbonyl (C=O) groups is 2. The summed E-state index contributed by atoms with van der Waals surface area (Å²) in [5.74, 6) is 0.507. The number of benzene rings is 1. The molecule has 0 radical (unpaired) electrons. The SMILES string of the molecule is COCCN(CC(=O)N1N=C(c2cccs2)C[C@@H]1c1ccc(OC)cc1)C(=O)NC(C)C. The molecule has 0 saturated heterocycles. The van der Waals surface area contributed by atoms with Gasteiger partial charge in [-0.3, -0.25) is 4.79 Å². The van der Waals surface area contributed by atoms with E-state index in [0.717, 1.165) is 21.9 Å². The van der Waals surface area contributed by atoms with Gasteiger partial charge in [-0.2, -0.15) is 5.10 Å². The monoisotopic (exact) mass is 458 g/mol. The molecule has 0 spiro atoms. The minimum absolute atomic E-state index is 0.0371. The maximum Gasteiger partial charge on any atom is 0.318 e. The summed E-state index contributed by atoms with van der Waals surface area (Å²) in [4.78, 5) is 28.5. The lowest BCUT2D eigenvalue weighted by Crippen LogP contribution is -2.48. The lowest BCUT2D eigenvalue weighted by Gasteiger charge is -2.27. The summed E-state index contributed by atoms with van der Waals surface area (Å²) in [6, 6.07) is 11.0. The van der Waals surface area contributed by atoms with Crippen molar-refractivity contribution in [3.63, 3.8) is 0 Å². The van der Waals surface area contributed by atoms with Gasteiger partial charge >= 0.3 is 6.03 Å². The molecule has 3 rings (SSSR count). The number of methoxy groups -OCH3 is 2. The van der Waals surface area contributed by atoms with Crippen molar-refractivity contribution >= 4 is 29.0 Å². The summed E-state index contributed by atoms with van der Waals surface area (Å²) < 4.78 is 10.4. The molecule has 0 bridgehead atoms. The molecule has 2 heterocycles. The fourth-order valence-corrected chi connectivity index (χ4v) is 4.17. The van der Waals surface area contributed by atoms with Crippen molar-refractivity contribution in [2.24, 2.45) is 5.10 Å². The van der Waals surface area contributed by atoms with Gasteiger partial charge in [0.1, 0.15) is 12.3 Å². The minimum Gasteiger partial charge on any atom is -0.497 e. The normalized spacial score (nSPS) is 15.6. The number of nitrogens with zero attached hydrogens (tertiary/aromatic N) is 3. The highest BCUT2D eigenvalue weighted by Gasteiger charge is 2.34. The van der Waals surface area contributed by atoms with Gasteiger partial charge in [0.2, 0.25) is 0 Å². The maximum atomic E-state index is 13.4. The Hall–Kier alpha value is -2.91. The number of nitrogens with one attached hydrogen (secondary N) is 1. The van der Waals surface area contributed by atoms with E-state index in [2.05, 4.69) is 10.4 Å². The Morgan fingerprint density at radius 3 is 2.59 bits per heavy atom. The molecule has 1 aromatic heterocycles. The predicted octanol–water partition coefficient (Wildman–Crippen LogP) is 3.50. The molecule has 0 fully saturated rings. The number of hydrogen-bond acceptors (Lipinski definition) is 6. The zero-order valence-corrected chi connectivity index (χ0v) is 19.7. The average molecular weight is 459 g/mol. The highest BCUT2D eigenvalue weighted by molar-refractivity contribution is 7.12. The van der Waals surface area contributed by atoms with Crippen molar-refractivity contribution in [3.05, 3.63) is 52.2 Å². The Balaban J connectivity index is 1.84. The van der Waals surface area contributed by atoms with Gasteiger partial charge in [0.05, 0.1) is 30.3 Å². The fourth-order valence-electron chi connectivity index (χ4n) is 3.45. The van der Waals surface area contributed by atoms with Gasteiger partial charge in [-0.1, -0.05) is 18.2 Å². The number of thiophene rings is 1. The van der Waals surface area contributed by atoms with Gasteiger partial charge in [0.15, 0.2) is 0 Å². The molecule has 32 heavy (non-hydrogen) atoms. The first kappa shape index (κ1) is 23.7. The van der Waals surface area contributed by atoms with E-state index < -0.39 is 0 Å². The second-order valence-electron chi connectivity index (χ2n) is 7.77. The van der Waals surface area contributed by atoms with Crippen molar-refractivity contribution < 1.29 is 19.1 Å². The number of urea groups is 1. The quantitative estimate of drug-likeness (QED) is 0.623. The van der Waals surface area contributed by atoms with Crippen LogP contribution in [-0.4, -0.2) is 67.5 Å². The van der Waals surface area contributed by atoms with Crippen LogP contribution in [0.2, 0.25) is 0 Å². The van der Waals surface area contributed by atoms with E-state index in [1.54, 1.807) is 25.6 Å². The standard InChI is InChI=1S/C23H30N4O4S/c1-16(2)24-23(29)26(11-12-30-3)15-22(28)27-20(17-7-9-18(31-4)10-8-17)14-19(25-27)21-6-5-13-32-21/h5-10,13,16,20H,11-12,14-15H2,1-4H3,(H,24,29)/t20-/m1/s1. The third-order valence-electron chi connectivity index (χ3n) is 5.06. The first-order chi connectivity index (χ1) is 15.4. The lowest BCUT2D eigenvalue weighted by molar-refractivity contribution is -0.133. The van der Waals surface area contributed by atoms with Crippen molar-refractivity contribution in [2.45, 2.75) is 32.4 Å². The summed E-state index contributed by atoms with van der Waals surface area (Å²) in [5, 5.41) is 11.0. The van der Waals surface area contributed by atoms with Crippen molar-refractivity contribution in [3.8, 4) is 5.75 Å².